The molecule has 1 aromatic carbocycles. The SMILES string of the molecule is C=NC[C@@]1(c2ccc3c(N)ncnn23)O[C@H](COP(=O)(N[C@@H](C)C(=O)OC2CCCC2)Oc2ccccc2)[C@@H](O)[C@H]1O. The smallest absolute Gasteiger partial charge is 0.459 e. The number of aliphatic hydroxyl groups excluding tert-OH is 2. The Morgan fingerprint density at radius 3 is 2.74 bits per heavy atom. The van der Waals surface area contributed by atoms with Gasteiger partial charge in [-0.05, 0) is 63.6 Å². The molecular weight excluding hydrogens is 567 g/mol. The van der Waals surface area contributed by atoms with Gasteiger partial charge in [0.05, 0.1) is 18.8 Å². The highest BCUT2D eigenvalue weighted by atomic mass is 31.2. The van der Waals surface area contributed by atoms with Crippen molar-refractivity contribution >= 4 is 31.8 Å². The summed E-state index contributed by atoms with van der Waals surface area (Å²) in [6.45, 7) is 4.40. The molecule has 14 nitrogen and oxygen atoms in total. The van der Waals surface area contributed by atoms with Crippen molar-refractivity contribution in [2.75, 3.05) is 18.9 Å². The summed E-state index contributed by atoms with van der Waals surface area (Å²) >= 11 is 0. The molecule has 3 aromatic rings. The standard InChI is InChI=1S/C27H35N6O8P/c1-17(26(36)39-18-8-6-7-9-18)32-42(37,41-19-10-4-3-5-11-19)38-14-21-23(34)24(35)27(40-21,15-29-2)22-13-12-20-25(28)30-16-31-33(20)22/h3-5,10-13,16-18,21,23-24,34-35H,2,6-9,14-15H2,1H3,(H,32,37)(H2,28,30,31)/t17-,21+,23+,24+,27-,42?/m0/s1. The number of nitrogen functional groups attached to an aromatic ring is 1. The van der Waals surface area contributed by atoms with Crippen LogP contribution >= 0.6 is 7.75 Å². The Labute approximate surface area is 242 Å². The summed E-state index contributed by atoms with van der Waals surface area (Å²) in [6, 6.07) is 10.5. The summed E-state index contributed by atoms with van der Waals surface area (Å²) in [5, 5.41) is 29.2. The van der Waals surface area contributed by atoms with Crippen LogP contribution in [0.3, 0.4) is 0 Å². The maximum absolute atomic E-state index is 14.0. The molecule has 0 radical (unpaired) electrons. The van der Waals surface area contributed by atoms with Crippen molar-refractivity contribution in [3.8, 4) is 5.75 Å². The molecule has 0 bridgehead atoms. The van der Waals surface area contributed by atoms with E-state index in [1.807, 2.05) is 0 Å². The quantitative estimate of drug-likeness (QED) is 0.134. The zero-order valence-electron chi connectivity index (χ0n) is 23.1. The van der Waals surface area contributed by atoms with Crippen LogP contribution in [0.15, 0.2) is 53.8 Å². The summed E-state index contributed by atoms with van der Waals surface area (Å²) in [7, 11) is -4.26. The molecular formula is C27H35N6O8P. The van der Waals surface area contributed by atoms with E-state index in [0.29, 0.717) is 11.2 Å². The Morgan fingerprint density at radius 2 is 2.02 bits per heavy atom. The molecule has 2 aromatic heterocycles. The first kappa shape index (κ1) is 30.1. The summed E-state index contributed by atoms with van der Waals surface area (Å²) in [4.78, 5) is 20.7. The van der Waals surface area contributed by atoms with Crippen LogP contribution in [0.1, 0.15) is 38.3 Å². The summed E-state index contributed by atoms with van der Waals surface area (Å²) in [5.41, 5.74) is 5.18. The van der Waals surface area contributed by atoms with E-state index in [1.165, 1.54) is 17.8 Å². The van der Waals surface area contributed by atoms with Crippen molar-refractivity contribution in [3.05, 3.63) is 54.5 Å². The minimum absolute atomic E-state index is 0.155. The number of nitrogens with zero attached hydrogens (tertiary/aromatic N) is 4. The minimum Gasteiger partial charge on any atom is -0.461 e. The highest BCUT2D eigenvalue weighted by molar-refractivity contribution is 7.52. The Morgan fingerprint density at radius 1 is 1.29 bits per heavy atom. The molecule has 226 valence electrons. The van der Waals surface area contributed by atoms with Gasteiger partial charge in [0, 0.05) is 0 Å². The van der Waals surface area contributed by atoms with E-state index in [4.69, 9.17) is 24.3 Å². The van der Waals surface area contributed by atoms with Gasteiger partial charge in [0.15, 0.2) is 11.4 Å². The number of rotatable bonds is 12. The monoisotopic (exact) mass is 602 g/mol. The van der Waals surface area contributed by atoms with Gasteiger partial charge in [-0.25, -0.2) is 14.1 Å². The van der Waals surface area contributed by atoms with Gasteiger partial charge in [-0.2, -0.15) is 10.2 Å². The molecule has 0 amide bonds. The van der Waals surface area contributed by atoms with Gasteiger partial charge < -0.3 is 29.9 Å². The molecule has 1 saturated carbocycles. The van der Waals surface area contributed by atoms with Gasteiger partial charge in [0.25, 0.3) is 0 Å². The van der Waals surface area contributed by atoms with Crippen LogP contribution < -0.4 is 15.3 Å². The van der Waals surface area contributed by atoms with Gasteiger partial charge >= 0.3 is 13.7 Å². The van der Waals surface area contributed by atoms with Gasteiger partial charge in [-0.15, -0.1) is 0 Å². The number of benzene rings is 1. The van der Waals surface area contributed by atoms with Crippen LogP contribution in [0.5, 0.6) is 5.75 Å². The van der Waals surface area contributed by atoms with Crippen LogP contribution in [0, 0.1) is 0 Å². The maximum Gasteiger partial charge on any atom is 0.459 e. The number of ether oxygens (including phenoxy) is 2. The molecule has 1 unspecified atom stereocenters. The number of nitrogens with two attached hydrogens (primary N) is 1. The summed E-state index contributed by atoms with van der Waals surface area (Å²) in [6.07, 6.45) is 0.403. The topological polar surface area (TPSA) is 192 Å². The van der Waals surface area contributed by atoms with E-state index in [2.05, 4.69) is 26.9 Å². The number of hydrogen-bond donors (Lipinski definition) is 4. The van der Waals surface area contributed by atoms with Gasteiger partial charge in [0.1, 0.15) is 48.1 Å². The number of aromatic nitrogens is 3. The van der Waals surface area contributed by atoms with Crippen molar-refractivity contribution in [1.82, 2.24) is 19.7 Å². The molecule has 6 atom stereocenters. The highest BCUT2D eigenvalue weighted by Crippen LogP contribution is 2.47. The summed E-state index contributed by atoms with van der Waals surface area (Å²) in [5.74, 6) is -0.163. The van der Waals surface area contributed by atoms with Crippen molar-refractivity contribution in [2.24, 2.45) is 4.99 Å². The molecule has 42 heavy (non-hydrogen) atoms. The molecule has 15 heteroatoms. The molecule has 1 saturated heterocycles. The third kappa shape index (κ3) is 6.05. The number of nitrogens with one attached hydrogen (secondary N) is 1. The number of hydrogen-bond acceptors (Lipinski definition) is 12. The number of carbonyl (C=O) groups is 1. The molecule has 1 aliphatic heterocycles. The number of fused-ring (bicyclic) bond motifs is 1. The van der Waals surface area contributed by atoms with Crippen LogP contribution in [0.2, 0.25) is 0 Å². The van der Waals surface area contributed by atoms with Crippen molar-refractivity contribution in [2.45, 2.75) is 68.7 Å². The molecule has 2 fully saturated rings. The van der Waals surface area contributed by atoms with Crippen LogP contribution in [-0.2, 0) is 29.0 Å². The normalized spacial score (nSPS) is 26.6. The first-order valence-corrected chi connectivity index (χ1v) is 15.2. The van der Waals surface area contributed by atoms with E-state index < -0.39 is 50.3 Å². The Bertz CT molecular complexity index is 1450. The lowest BCUT2D eigenvalue weighted by molar-refractivity contribution is -0.150. The Kier molecular flexibility index (Phi) is 8.92. The molecule has 5 rings (SSSR count). The van der Waals surface area contributed by atoms with Crippen molar-refractivity contribution < 1.29 is 38.1 Å². The van der Waals surface area contributed by atoms with Crippen molar-refractivity contribution in [3.63, 3.8) is 0 Å². The fourth-order valence-corrected chi connectivity index (χ4v) is 6.83. The van der Waals surface area contributed by atoms with Gasteiger partial charge in [-0.1, -0.05) is 18.2 Å². The highest BCUT2D eigenvalue weighted by Gasteiger charge is 2.57. The molecule has 0 spiro atoms. The van der Waals surface area contributed by atoms with Crippen LogP contribution in [0.4, 0.5) is 5.82 Å². The molecule has 5 N–H and O–H groups in total. The predicted molar refractivity (Wildman–Crippen MR) is 152 cm³/mol. The lowest BCUT2D eigenvalue weighted by atomic mass is 9.91. The molecule has 3 heterocycles. The second-order valence-electron chi connectivity index (χ2n) is 10.4. The zero-order valence-corrected chi connectivity index (χ0v) is 24.0. The fraction of sp³-hybridized carbons (Fsp3) is 0.481. The number of aliphatic imine (C=N–C) groups is 1. The largest absolute Gasteiger partial charge is 0.461 e. The van der Waals surface area contributed by atoms with Gasteiger partial charge in [-0.3, -0.25) is 14.3 Å². The van der Waals surface area contributed by atoms with Crippen LogP contribution in [0.25, 0.3) is 5.52 Å². The second kappa shape index (κ2) is 12.5. The van der Waals surface area contributed by atoms with E-state index in [0.717, 1.165) is 25.7 Å². The predicted octanol–water partition coefficient (Wildman–Crippen LogP) is 2.00. The van der Waals surface area contributed by atoms with Gasteiger partial charge in [0.2, 0.25) is 0 Å². The molecule has 2 aliphatic rings. The van der Waals surface area contributed by atoms with Crippen molar-refractivity contribution in [1.29, 1.82) is 0 Å². The fourth-order valence-electron chi connectivity index (χ4n) is 5.33. The zero-order chi connectivity index (χ0) is 29.9. The summed E-state index contributed by atoms with van der Waals surface area (Å²) < 4.78 is 38.6. The maximum atomic E-state index is 14.0. The minimum atomic E-state index is -4.26. The van der Waals surface area contributed by atoms with Crippen LogP contribution in [-0.4, -0.2) is 81.1 Å². The number of carbonyl (C=O) groups excluding carboxylic acids is 1. The first-order chi connectivity index (χ1) is 20.2. The lowest BCUT2D eigenvalue weighted by Gasteiger charge is -2.30. The number of esters is 1. The van der Waals surface area contributed by atoms with E-state index >= 15 is 0 Å². The number of para-hydroxylation sites is 1. The van der Waals surface area contributed by atoms with E-state index in [-0.39, 0.29) is 24.2 Å². The number of aliphatic hydroxyl groups is 2. The Balaban J connectivity index is 1.36. The second-order valence-corrected chi connectivity index (χ2v) is 12.1. The number of anilines is 1. The van der Waals surface area contributed by atoms with E-state index in [9.17, 15) is 19.6 Å². The third-order valence-corrected chi connectivity index (χ3v) is 9.12. The third-order valence-electron chi connectivity index (χ3n) is 7.47. The average molecular weight is 603 g/mol. The lowest BCUT2D eigenvalue weighted by Crippen LogP contribution is -2.44. The Hall–Kier alpha value is -3.39. The average Bonchev–Trinajstić information content (AvgIpc) is 3.70. The molecule has 1 aliphatic carbocycles. The van der Waals surface area contributed by atoms with E-state index in [1.54, 1.807) is 42.5 Å². The first-order valence-electron chi connectivity index (χ1n) is 13.7.